The summed E-state index contributed by atoms with van der Waals surface area (Å²) in [5.41, 5.74) is 5.64. The molecule has 43 heavy (non-hydrogen) atoms. The number of imidazole rings is 1. The molecule has 1 radical (unpaired) electrons. The molecule has 0 aliphatic rings. The van der Waals surface area contributed by atoms with Crippen LogP contribution in [-0.4, -0.2) is 25.3 Å². The Kier molecular flexibility index (Phi) is 11.7. The van der Waals surface area contributed by atoms with Crippen molar-refractivity contribution in [3.05, 3.63) is 78.0 Å². The normalized spacial score (nSPS) is 12.3. The minimum Gasteiger partial charge on any atom is -0.512 e. The molecule has 0 saturated heterocycles. The number of fused-ring (bicyclic) bond motifs is 7. The molecule has 2 aromatic carbocycles. The first-order valence-corrected chi connectivity index (χ1v) is 15.5. The van der Waals surface area contributed by atoms with Crippen LogP contribution in [0.15, 0.2) is 60.5 Å². The Morgan fingerprint density at radius 3 is 2.28 bits per heavy atom. The van der Waals surface area contributed by atoms with Gasteiger partial charge >= 0.3 is 0 Å². The van der Waals surface area contributed by atoms with Crippen LogP contribution in [0.25, 0.3) is 38.2 Å². The van der Waals surface area contributed by atoms with E-state index in [-0.39, 0.29) is 48.9 Å². The fourth-order valence-corrected chi connectivity index (χ4v) is 5.77. The van der Waals surface area contributed by atoms with E-state index in [1.54, 1.807) is 0 Å². The summed E-state index contributed by atoms with van der Waals surface area (Å²) >= 11 is 0. The molecule has 1 N–H and O–H groups in total. The van der Waals surface area contributed by atoms with Crippen molar-refractivity contribution in [3.8, 4) is 0 Å². The first-order valence-electron chi connectivity index (χ1n) is 15.5. The molecule has 0 fully saturated rings. The van der Waals surface area contributed by atoms with Crippen molar-refractivity contribution in [2.24, 2.45) is 17.3 Å². The van der Waals surface area contributed by atoms with E-state index in [1.165, 1.54) is 17.2 Å². The van der Waals surface area contributed by atoms with E-state index < -0.39 is 0 Å². The van der Waals surface area contributed by atoms with Crippen LogP contribution in [0.5, 0.6) is 0 Å². The molecule has 0 atom stereocenters. The molecular formula is C37H46IrN3O2-. The minimum absolute atomic E-state index is 0. The zero-order chi connectivity index (χ0) is 30.6. The zero-order valence-electron chi connectivity index (χ0n) is 26.9. The summed E-state index contributed by atoms with van der Waals surface area (Å²) in [7, 11) is 0. The van der Waals surface area contributed by atoms with Crippen LogP contribution in [0.2, 0.25) is 0 Å². The summed E-state index contributed by atoms with van der Waals surface area (Å²) < 4.78 is 2.30. The van der Waals surface area contributed by atoms with Gasteiger partial charge in [-0.3, -0.25) is 9.78 Å². The van der Waals surface area contributed by atoms with E-state index in [0.717, 1.165) is 70.6 Å². The molecule has 0 aliphatic heterocycles. The number of aliphatic hydroxyl groups excluding tert-OH is 1. The van der Waals surface area contributed by atoms with Gasteiger partial charge in [-0.25, -0.2) is 4.98 Å². The van der Waals surface area contributed by atoms with Crippen LogP contribution in [-0.2, 0) is 31.3 Å². The van der Waals surface area contributed by atoms with Crippen LogP contribution in [0.1, 0.15) is 85.5 Å². The number of aliphatic hydroxyl groups is 1. The fraction of sp³-hybridized carbons (Fsp3) is 0.432. The maximum Gasteiger partial charge on any atom is 0.162 e. The summed E-state index contributed by atoms with van der Waals surface area (Å²) in [6.45, 7) is 17.0. The second kappa shape index (κ2) is 14.6. The van der Waals surface area contributed by atoms with Crippen molar-refractivity contribution in [1.82, 2.24) is 14.4 Å². The standard InChI is InChI=1S/C24H22N3.C13H24O2.Ir/c1-15-20(14-24(2,3)4)26-23-18-10-7-11-25-22(18)19-12-16-8-5-6-9-17(16)13-21(19)27(15)23;1-5-10(6-2)12(14)9-13(15)11(7-3)8-4;/h5-11,13H,14H2,1-4H3;9-11,14H,5-8H2,1-4H3;/q-1;;/b;12-9-;. The minimum atomic E-state index is 0. The Hall–Kier alpha value is -3.08. The summed E-state index contributed by atoms with van der Waals surface area (Å²) in [4.78, 5) is 21.5. The van der Waals surface area contributed by atoms with Gasteiger partial charge in [0.05, 0.1) is 11.5 Å². The molecule has 0 aliphatic carbocycles. The number of carbonyl (C=O) groups excluding carboxylic acids is 1. The topological polar surface area (TPSA) is 67.5 Å². The Balaban J connectivity index is 0.000000274. The van der Waals surface area contributed by atoms with Gasteiger partial charge in [-0.05, 0) is 56.0 Å². The van der Waals surface area contributed by atoms with E-state index in [9.17, 15) is 9.90 Å². The largest absolute Gasteiger partial charge is 0.512 e. The predicted molar refractivity (Wildman–Crippen MR) is 176 cm³/mol. The average Bonchev–Trinajstić information content (AvgIpc) is 3.28. The number of benzene rings is 2. The predicted octanol–water partition coefficient (Wildman–Crippen LogP) is 9.75. The number of rotatable bonds is 8. The number of aromatic nitrogens is 3. The number of hydrogen-bond donors (Lipinski definition) is 1. The Morgan fingerprint density at radius 1 is 1.00 bits per heavy atom. The molecular weight excluding hydrogens is 711 g/mol. The molecule has 3 aromatic heterocycles. The monoisotopic (exact) mass is 757 g/mol. The third kappa shape index (κ3) is 7.53. The van der Waals surface area contributed by atoms with Crippen LogP contribution in [0, 0.1) is 30.2 Å². The Bertz CT molecular complexity index is 1740. The summed E-state index contributed by atoms with van der Waals surface area (Å²) in [5, 5.41) is 14.2. The molecule has 0 spiro atoms. The molecule has 6 heteroatoms. The van der Waals surface area contributed by atoms with Crippen molar-refractivity contribution in [3.63, 3.8) is 0 Å². The smallest absolute Gasteiger partial charge is 0.162 e. The zero-order valence-corrected chi connectivity index (χ0v) is 29.3. The maximum atomic E-state index is 11.7. The third-order valence-electron chi connectivity index (χ3n) is 8.28. The molecule has 0 saturated carbocycles. The van der Waals surface area contributed by atoms with E-state index in [0.29, 0.717) is 0 Å². The summed E-state index contributed by atoms with van der Waals surface area (Å²) in [6, 6.07) is 18.4. The van der Waals surface area contributed by atoms with Crippen molar-refractivity contribution in [2.75, 3.05) is 0 Å². The van der Waals surface area contributed by atoms with Gasteiger partial charge in [0.25, 0.3) is 0 Å². The second-order valence-electron chi connectivity index (χ2n) is 12.6. The SMILES string of the molecule is CCC(CC)C(=O)/C=C(\O)C(CC)CC.Cc1c(CC(C)(C)C)nc2c3cccnc3c3[c-]c4ccccc4cc3n12.[Ir]. The van der Waals surface area contributed by atoms with Crippen LogP contribution in [0.3, 0.4) is 0 Å². The summed E-state index contributed by atoms with van der Waals surface area (Å²) in [6.07, 6.45) is 7.71. The molecule has 231 valence electrons. The van der Waals surface area contributed by atoms with Gasteiger partial charge in [0.2, 0.25) is 0 Å². The number of allylic oxidation sites excluding steroid dienone is 2. The molecule has 0 amide bonds. The van der Waals surface area contributed by atoms with Gasteiger partial charge in [-0.15, -0.1) is 17.5 Å². The fourth-order valence-electron chi connectivity index (χ4n) is 5.77. The Labute approximate surface area is 270 Å². The number of aryl methyl sites for hydroxylation is 1. The van der Waals surface area contributed by atoms with Crippen LogP contribution in [0.4, 0.5) is 0 Å². The quantitative estimate of drug-likeness (QED) is 0.0563. The maximum absolute atomic E-state index is 11.7. The van der Waals surface area contributed by atoms with Crippen LogP contribution >= 0.6 is 0 Å². The number of pyridine rings is 2. The van der Waals surface area contributed by atoms with Gasteiger partial charge < -0.3 is 9.51 Å². The van der Waals surface area contributed by atoms with Gasteiger partial charge in [0.1, 0.15) is 5.65 Å². The molecule has 0 unspecified atom stereocenters. The van der Waals surface area contributed by atoms with Gasteiger partial charge in [0, 0.05) is 60.8 Å². The van der Waals surface area contributed by atoms with Gasteiger partial charge in [-0.1, -0.05) is 89.6 Å². The molecule has 0 bridgehead atoms. The first-order chi connectivity index (χ1) is 20.0. The molecule has 3 heterocycles. The Morgan fingerprint density at radius 2 is 1.65 bits per heavy atom. The van der Waals surface area contributed by atoms with Crippen molar-refractivity contribution in [2.45, 2.75) is 87.5 Å². The average molecular weight is 757 g/mol. The van der Waals surface area contributed by atoms with Crippen molar-refractivity contribution in [1.29, 1.82) is 0 Å². The van der Waals surface area contributed by atoms with Gasteiger partial charge in [-0.2, -0.15) is 0 Å². The second-order valence-corrected chi connectivity index (χ2v) is 12.6. The van der Waals surface area contributed by atoms with E-state index >= 15 is 0 Å². The van der Waals surface area contributed by atoms with E-state index in [4.69, 9.17) is 9.97 Å². The van der Waals surface area contributed by atoms with E-state index in [1.807, 2.05) is 40.0 Å². The van der Waals surface area contributed by atoms with Crippen molar-refractivity contribution >= 4 is 44.0 Å². The van der Waals surface area contributed by atoms with Crippen molar-refractivity contribution < 1.29 is 30.0 Å². The number of nitrogens with zero attached hydrogens (tertiary/aromatic N) is 3. The third-order valence-corrected chi connectivity index (χ3v) is 8.28. The summed E-state index contributed by atoms with van der Waals surface area (Å²) in [5.74, 6) is 0.547. The number of hydrogen-bond acceptors (Lipinski definition) is 4. The first kappa shape index (κ1) is 34.4. The number of carbonyl (C=O) groups is 1. The molecule has 5 aromatic rings. The number of ketones is 1. The molecule has 5 rings (SSSR count). The van der Waals surface area contributed by atoms with Gasteiger partial charge in [0.15, 0.2) is 5.78 Å². The van der Waals surface area contributed by atoms with Crippen LogP contribution < -0.4 is 0 Å². The molecule has 5 nitrogen and oxygen atoms in total. The van der Waals surface area contributed by atoms with E-state index in [2.05, 4.69) is 74.6 Å².